The molecule has 1 aromatic heterocycles. The van der Waals surface area contributed by atoms with Crippen LogP contribution in [0.4, 0.5) is 0 Å². The van der Waals surface area contributed by atoms with Gasteiger partial charge in [-0.1, -0.05) is 35.9 Å². The average molecular weight is 505 g/mol. The van der Waals surface area contributed by atoms with Gasteiger partial charge in [0.25, 0.3) is 5.91 Å². The molecular weight excluding hydrogens is 476 g/mol. The number of hydrogen-bond donors (Lipinski definition) is 2. The minimum atomic E-state index is -1.01. The Hall–Kier alpha value is -3.77. The predicted octanol–water partition coefficient (Wildman–Crippen LogP) is 6.30. The topological polar surface area (TPSA) is 80.6 Å². The summed E-state index contributed by atoms with van der Waals surface area (Å²) >= 11 is 6.10. The summed E-state index contributed by atoms with van der Waals surface area (Å²) in [7, 11) is 0. The van der Waals surface area contributed by atoms with Gasteiger partial charge in [-0.25, -0.2) is 4.79 Å². The van der Waals surface area contributed by atoms with Gasteiger partial charge in [-0.05, 0) is 86.8 Å². The molecule has 4 rings (SSSR count). The van der Waals surface area contributed by atoms with Crippen molar-refractivity contribution in [3.05, 3.63) is 99.7 Å². The molecule has 4 aromatic rings. The third-order valence-corrected chi connectivity index (χ3v) is 6.73. The molecule has 3 aromatic carbocycles. The summed E-state index contributed by atoms with van der Waals surface area (Å²) < 4.78 is 7.72. The van der Waals surface area contributed by atoms with Gasteiger partial charge in [0, 0.05) is 33.7 Å². The molecule has 0 bridgehead atoms. The van der Waals surface area contributed by atoms with Crippen LogP contribution in [0, 0.1) is 13.8 Å². The summed E-state index contributed by atoms with van der Waals surface area (Å²) in [6, 6.07) is 20.5. The van der Waals surface area contributed by atoms with Crippen LogP contribution in [0.3, 0.4) is 0 Å². The fourth-order valence-corrected chi connectivity index (χ4v) is 4.49. The average Bonchev–Trinajstić information content (AvgIpc) is 3.08. The second-order valence-corrected chi connectivity index (χ2v) is 9.46. The molecule has 0 unspecified atom stereocenters. The summed E-state index contributed by atoms with van der Waals surface area (Å²) in [5.74, 6) is -0.641. The smallest absolute Gasteiger partial charge is 0.344 e. The van der Waals surface area contributed by atoms with E-state index in [4.69, 9.17) is 21.4 Å². The zero-order chi connectivity index (χ0) is 26.0. The minimum absolute atomic E-state index is 0.147. The number of carbonyl (C=O) groups excluding carboxylic acids is 1. The van der Waals surface area contributed by atoms with E-state index < -0.39 is 12.1 Å². The lowest BCUT2D eigenvalue weighted by Gasteiger charge is -2.15. The third kappa shape index (κ3) is 5.39. The number of amides is 1. The van der Waals surface area contributed by atoms with Crippen LogP contribution in [-0.4, -0.2) is 27.7 Å². The molecule has 0 radical (unpaired) electrons. The van der Waals surface area contributed by atoms with Crippen molar-refractivity contribution in [2.75, 3.05) is 0 Å². The first-order valence-corrected chi connectivity index (χ1v) is 12.2. The van der Waals surface area contributed by atoms with E-state index >= 15 is 0 Å². The monoisotopic (exact) mass is 504 g/mol. The van der Waals surface area contributed by atoms with Gasteiger partial charge in [-0.3, -0.25) is 4.79 Å². The Balaban J connectivity index is 1.57. The highest BCUT2D eigenvalue weighted by atomic mass is 35.5. The normalized spacial score (nSPS) is 12.8. The molecule has 7 heteroatoms. The number of nitrogens with one attached hydrogen (secondary N) is 1. The number of aryl methyl sites for hydroxylation is 1. The summed E-state index contributed by atoms with van der Waals surface area (Å²) in [5, 5.41) is 13.8. The number of aliphatic carboxylic acids is 1. The number of aromatic nitrogens is 1. The van der Waals surface area contributed by atoms with E-state index in [1.54, 1.807) is 6.07 Å². The summed E-state index contributed by atoms with van der Waals surface area (Å²) in [6.07, 6.45) is -0.928. The molecular formula is C29H29ClN2O4. The van der Waals surface area contributed by atoms with Crippen LogP contribution in [-0.2, 0) is 11.3 Å². The number of nitrogens with zero attached hydrogens (tertiary/aromatic N) is 1. The molecule has 36 heavy (non-hydrogen) atoms. The Bertz CT molecular complexity index is 1440. The first-order valence-electron chi connectivity index (χ1n) is 11.8. The second kappa shape index (κ2) is 10.5. The molecule has 2 atom stereocenters. The lowest BCUT2D eigenvalue weighted by atomic mass is 10.1. The van der Waals surface area contributed by atoms with Crippen LogP contribution in [0.2, 0.25) is 5.02 Å². The Kier molecular flexibility index (Phi) is 7.36. The van der Waals surface area contributed by atoms with Crippen LogP contribution >= 0.6 is 11.6 Å². The lowest BCUT2D eigenvalue weighted by Crippen LogP contribution is -2.26. The standard InChI is InChI=1S/C29H29ClN2O4/c1-17-19(3)32(16-21-7-5-10-25(13-21)36-20(4)29(34)35)27-12-11-23(15-26(17)27)28(33)31-18(2)22-8-6-9-24(30)14-22/h5-15,18,20H,16H2,1-4H3,(H,31,33)(H,34,35)/t18-,20-/m0/s1. The molecule has 0 fully saturated rings. The molecule has 186 valence electrons. The van der Waals surface area contributed by atoms with Crippen molar-refractivity contribution in [1.82, 2.24) is 9.88 Å². The number of hydrogen-bond acceptors (Lipinski definition) is 3. The van der Waals surface area contributed by atoms with E-state index in [9.17, 15) is 9.59 Å². The predicted molar refractivity (Wildman–Crippen MR) is 142 cm³/mol. The zero-order valence-electron chi connectivity index (χ0n) is 20.7. The first kappa shape index (κ1) is 25.3. The van der Waals surface area contributed by atoms with Gasteiger partial charge in [-0.15, -0.1) is 0 Å². The number of carboxylic acid groups (broad SMARTS) is 1. The molecule has 0 aliphatic rings. The largest absolute Gasteiger partial charge is 0.479 e. The van der Waals surface area contributed by atoms with Crippen LogP contribution in [0.25, 0.3) is 10.9 Å². The van der Waals surface area contributed by atoms with Gasteiger partial charge in [0.1, 0.15) is 5.75 Å². The number of benzene rings is 3. The second-order valence-electron chi connectivity index (χ2n) is 9.02. The lowest BCUT2D eigenvalue weighted by molar-refractivity contribution is -0.144. The van der Waals surface area contributed by atoms with E-state index in [1.807, 2.05) is 67.6 Å². The number of ether oxygens (including phenoxy) is 1. The molecule has 1 heterocycles. The maximum absolute atomic E-state index is 13.0. The van der Waals surface area contributed by atoms with Gasteiger partial charge in [0.2, 0.25) is 0 Å². The van der Waals surface area contributed by atoms with Crippen molar-refractivity contribution >= 4 is 34.4 Å². The Morgan fingerprint density at radius 2 is 1.78 bits per heavy atom. The maximum Gasteiger partial charge on any atom is 0.344 e. The highest BCUT2D eigenvalue weighted by Gasteiger charge is 2.17. The molecule has 0 aliphatic carbocycles. The van der Waals surface area contributed by atoms with Crippen molar-refractivity contribution in [3.8, 4) is 5.75 Å². The van der Waals surface area contributed by atoms with Gasteiger partial charge in [-0.2, -0.15) is 0 Å². The molecule has 0 aliphatic heterocycles. The number of halogens is 1. The van der Waals surface area contributed by atoms with Gasteiger partial charge < -0.3 is 19.7 Å². The number of carbonyl (C=O) groups is 2. The van der Waals surface area contributed by atoms with E-state index in [1.165, 1.54) is 6.92 Å². The third-order valence-electron chi connectivity index (χ3n) is 6.50. The van der Waals surface area contributed by atoms with E-state index in [-0.39, 0.29) is 11.9 Å². The van der Waals surface area contributed by atoms with E-state index in [0.29, 0.717) is 22.9 Å². The van der Waals surface area contributed by atoms with Crippen molar-refractivity contribution in [2.24, 2.45) is 0 Å². The quantitative estimate of drug-likeness (QED) is 0.295. The SMILES string of the molecule is Cc1c(C)n(Cc2cccc(O[C@@H](C)C(=O)O)c2)c2ccc(C(=O)N[C@@H](C)c3cccc(Cl)c3)cc12. The van der Waals surface area contributed by atoms with Crippen LogP contribution in [0.15, 0.2) is 66.7 Å². The molecule has 6 nitrogen and oxygen atoms in total. The summed E-state index contributed by atoms with van der Waals surface area (Å²) in [6.45, 7) is 8.14. The van der Waals surface area contributed by atoms with E-state index in [2.05, 4.69) is 23.7 Å². The Morgan fingerprint density at radius 3 is 2.50 bits per heavy atom. The number of fused-ring (bicyclic) bond motifs is 1. The van der Waals surface area contributed by atoms with Gasteiger partial charge >= 0.3 is 5.97 Å². The van der Waals surface area contributed by atoms with Crippen molar-refractivity contribution in [1.29, 1.82) is 0 Å². The Morgan fingerprint density at radius 1 is 1.03 bits per heavy atom. The molecule has 1 amide bonds. The van der Waals surface area contributed by atoms with Crippen molar-refractivity contribution in [3.63, 3.8) is 0 Å². The molecule has 0 spiro atoms. The van der Waals surface area contributed by atoms with Crippen LogP contribution in [0.1, 0.15) is 52.6 Å². The number of rotatable bonds is 8. The van der Waals surface area contributed by atoms with Crippen molar-refractivity contribution in [2.45, 2.75) is 46.4 Å². The Labute approximate surface area is 215 Å². The summed E-state index contributed by atoms with van der Waals surface area (Å²) in [5.41, 5.74) is 5.75. The maximum atomic E-state index is 13.0. The van der Waals surface area contributed by atoms with E-state index in [0.717, 1.165) is 33.3 Å². The molecule has 0 saturated heterocycles. The fraction of sp³-hybridized carbons (Fsp3) is 0.241. The van der Waals surface area contributed by atoms with Gasteiger partial charge in [0.05, 0.1) is 6.04 Å². The zero-order valence-corrected chi connectivity index (χ0v) is 21.5. The fourth-order valence-electron chi connectivity index (χ4n) is 4.29. The number of carboxylic acids is 1. The summed E-state index contributed by atoms with van der Waals surface area (Å²) in [4.78, 5) is 24.1. The van der Waals surface area contributed by atoms with Crippen LogP contribution in [0.5, 0.6) is 5.75 Å². The van der Waals surface area contributed by atoms with Crippen molar-refractivity contribution < 1.29 is 19.4 Å². The van der Waals surface area contributed by atoms with Crippen LogP contribution < -0.4 is 10.1 Å². The highest BCUT2D eigenvalue weighted by Crippen LogP contribution is 2.28. The first-order chi connectivity index (χ1) is 17.1. The molecule has 0 saturated carbocycles. The highest BCUT2D eigenvalue weighted by molar-refractivity contribution is 6.30. The minimum Gasteiger partial charge on any atom is -0.479 e. The van der Waals surface area contributed by atoms with Gasteiger partial charge in [0.15, 0.2) is 6.10 Å². The molecule has 2 N–H and O–H groups in total.